The highest BCUT2D eigenvalue weighted by atomic mass is 35.5. The van der Waals surface area contributed by atoms with Crippen LogP contribution in [0.5, 0.6) is 0 Å². The van der Waals surface area contributed by atoms with Crippen molar-refractivity contribution in [3.05, 3.63) is 5.02 Å². The molecule has 0 unspecified atom stereocenters. The van der Waals surface area contributed by atoms with Crippen LogP contribution in [-0.4, -0.2) is 10.2 Å². The van der Waals surface area contributed by atoms with Gasteiger partial charge in [-0.2, -0.15) is 5.10 Å². The highest BCUT2D eigenvalue weighted by Gasteiger charge is 2.01. The van der Waals surface area contributed by atoms with Crippen LogP contribution in [0.2, 0.25) is 5.02 Å². The van der Waals surface area contributed by atoms with Gasteiger partial charge in [0.25, 0.3) is 0 Å². The minimum atomic E-state index is 0.240. The van der Waals surface area contributed by atoms with Crippen LogP contribution in [0.4, 0.5) is 11.6 Å². The third-order valence-electron chi connectivity index (χ3n) is 0.758. The minimum Gasteiger partial charge on any atom is -0.383 e. The molecule has 44 valence electrons. The zero-order chi connectivity index (χ0) is 6.15. The Labute approximate surface area is 50.8 Å². The fourth-order valence-electron chi connectivity index (χ4n) is 0.357. The Morgan fingerprint density at radius 1 is 1.50 bits per heavy atom. The van der Waals surface area contributed by atoms with E-state index in [1.165, 1.54) is 0 Å². The van der Waals surface area contributed by atoms with E-state index in [0.717, 1.165) is 0 Å². The molecule has 0 aliphatic carbocycles. The minimum absolute atomic E-state index is 0.240. The summed E-state index contributed by atoms with van der Waals surface area (Å²) in [4.78, 5) is 0. The van der Waals surface area contributed by atoms with Crippen LogP contribution >= 0.6 is 11.6 Å². The molecule has 1 heterocycles. The Kier molecular flexibility index (Phi) is 1.02. The Bertz CT molecular complexity index is 174. The molecule has 0 spiro atoms. The molecule has 1 aromatic rings. The average molecular weight is 133 g/mol. The summed E-state index contributed by atoms with van der Waals surface area (Å²) in [5.41, 5.74) is 10.4. The van der Waals surface area contributed by atoms with Crippen molar-refractivity contribution in [2.24, 2.45) is 0 Å². The van der Waals surface area contributed by atoms with Crippen LogP contribution < -0.4 is 11.5 Å². The molecule has 0 aliphatic rings. The second-order valence-electron chi connectivity index (χ2n) is 1.34. The maximum atomic E-state index is 5.45. The Morgan fingerprint density at radius 3 is 2.25 bits per heavy atom. The number of H-pyrrole nitrogens is 1. The van der Waals surface area contributed by atoms with Crippen molar-refractivity contribution >= 4 is 23.2 Å². The van der Waals surface area contributed by atoms with Crippen LogP contribution in [0.3, 0.4) is 0 Å². The number of nitrogens with one attached hydrogen (secondary N) is 1. The predicted molar refractivity (Wildman–Crippen MR) is 32.4 cm³/mol. The molecular formula is C3H5ClN4. The number of aromatic amines is 1. The second kappa shape index (κ2) is 1.56. The molecule has 0 amide bonds. The van der Waals surface area contributed by atoms with Gasteiger partial charge in [-0.05, 0) is 0 Å². The molecule has 5 N–H and O–H groups in total. The van der Waals surface area contributed by atoms with Crippen molar-refractivity contribution in [3.63, 3.8) is 0 Å². The van der Waals surface area contributed by atoms with Gasteiger partial charge in [-0.15, -0.1) is 0 Å². The monoisotopic (exact) mass is 132 g/mol. The van der Waals surface area contributed by atoms with Gasteiger partial charge >= 0.3 is 0 Å². The van der Waals surface area contributed by atoms with Gasteiger partial charge in [0.1, 0.15) is 10.8 Å². The number of hydrogen-bond donors (Lipinski definition) is 3. The maximum Gasteiger partial charge on any atom is 0.166 e. The highest BCUT2D eigenvalue weighted by molar-refractivity contribution is 6.35. The van der Waals surface area contributed by atoms with E-state index >= 15 is 0 Å². The average Bonchev–Trinajstić information content (AvgIpc) is 1.98. The van der Waals surface area contributed by atoms with Crippen molar-refractivity contribution in [3.8, 4) is 0 Å². The van der Waals surface area contributed by atoms with Crippen LogP contribution in [-0.2, 0) is 0 Å². The standard InChI is InChI=1S/C3H5ClN4/c4-1-2(5)7-8-3(1)6/h(H5,5,6,7,8). The maximum absolute atomic E-state index is 5.45. The third-order valence-corrected chi connectivity index (χ3v) is 1.16. The first-order chi connectivity index (χ1) is 3.72. The number of hydrogen-bond acceptors (Lipinski definition) is 3. The molecule has 4 nitrogen and oxygen atoms in total. The quantitative estimate of drug-likeness (QED) is 0.473. The summed E-state index contributed by atoms with van der Waals surface area (Å²) in [5.74, 6) is 0.549. The molecule has 1 rings (SSSR count). The van der Waals surface area contributed by atoms with Crippen molar-refractivity contribution in [2.45, 2.75) is 0 Å². The summed E-state index contributed by atoms with van der Waals surface area (Å²) >= 11 is 5.45. The lowest BCUT2D eigenvalue weighted by Gasteiger charge is -1.81. The molecule has 0 saturated carbocycles. The first-order valence-corrected chi connectivity index (χ1v) is 2.34. The van der Waals surface area contributed by atoms with Gasteiger partial charge < -0.3 is 11.5 Å². The van der Waals surface area contributed by atoms with Crippen LogP contribution in [0.1, 0.15) is 0 Å². The molecule has 1 aromatic heterocycles. The Morgan fingerprint density at radius 2 is 2.12 bits per heavy atom. The normalized spacial score (nSPS) is 9.62. The summed E-state index contributed by atoms with van der Waals surface area (Å²) in [7, 11) is 0. The third kappa shape index (κ3) is 0.586. The topological polar surface area (TPSA) is 80.7 Å². The van der Waals surface area contributed by atoms with Crippen LogP contribution in [0.15, 0.2) is 0 Å². The molecule has 0 saturated heterocycles. The number of aromatic nitrogens is 2. The lowest BCUT2D eigenvalue weighted by molar-refractivity contribution is 1.11. The van der Waals surface area contributed by atoms with E-state index in [2.05, 4.69) is 10.2 Å². The van der Waals surface area contributed by atoms with Crippen LogP contribution in [0.25, 0.3) is 0 Å². The second-order valence-corrected chi connectivity index (χ2v) is 1.71. The van der Waals surface area contributed by atoms with E-state index in [1.807, 2.05) is 0 Å². The van der Waals surface area contributed by atoms with Gasteiger partial charge in [-0.25, -0.2) is 0 Å². The lowest BCUT2D eigenvalue weighted by Crippen LogP contribution is -1.84. The molecule has 8 heavy (non-hydrogen) atoms. The van der Waals surface area contributed by atoms with Gasteiger partial charge in [-0.1, -0.05) is 11.6 Å². The molecule has 0 radical (unpaired) electrons. The van der Waals surface area contributed by atoms with E-state index in [-0.39, 0.29) is 5.82 Å². The molecule has 0 fully saturated rings. The predicted octanol–water partition coefficient (Wildman–Crippen LogP) is 0.228. The zero-order valence-electron chi connectivity index (χ0n) is 3.98. The molecule has 0 aliphatic heterocycles. The Hall–Kier alpha value is -0.900. The lowest BCUT2D eigenvalue weighted by atomic mass is 10.6. The first kappa shape index (κ1) is 5.24. The van der Waals surface area contributed by atoms with Crippen molar-refractivity contribution in [1.29, 1.82) is 0 Å². The fourth-order valence-corrected chi connectivity index (χ4v) is 0.441. The summed E-state index contributed by atoms with van der Waals surface area (Å²) in [6.07, 6.45) is 0. The van der Waals surface area contributed by atoms with Crippen molar-refractivity contribution in [2.75, 3.05) is 11.5 Å². The molecule has 0 bridgehead atoms. The molecule has 5 heteroatoms. The van der Waals surface area contributed by atoms with E-state index in [9.17, 15) is 0 Å². The van der Waals surface area contributed by atoms with E-state index < -0.39 is 0 Å². The first-order valence-electron chi connectivity index (χ1n) is 1.96. The molecular weight excluding hydrogens is 128 g/mol. The number of nitrogens with zero attached hydrogens (tertiary/aromatic N) is 1. The van der Waals surface area contributed by atoms with Gasteiger partial charge in [0.05, 0.1) is 0 Å². The van der Waals surface area contributed by atoms with E-state index in [4.69, 9.17) is 23.1 Å². The molecule has 0 atom stereocenters. The molecule has 0 aromatic carbocycles. The zero-order valence-corrected chi connectivity index (χ0v) is 4.74. The summed E-state index contributed by atoms with van der Waals surface area (Å²) in [6, 6.07) is 0. The number of nitrogens with two attached hydrogens (primary N) is 2. The number of nitrogen functional groups attached to an aromatic ring is 2. The SMILES string of the molecule is Nc1n[nH]c(N)c1Cl. The van der Waals surface area contributed by atoms with E-state index in [1.54, 1.807) is 0 Å². The Balaban J connectivity index is 3.19. The van der Waals surface area contributed by atoms with Gasteiger partial charge in [0.2, 0.25) is 0 Å². The van der Waals surface area contributed by atoms with Crippen molar-refractivity contribution in [1.82, 2.24) is 10.2 Å². The van der Waals surface area contributed by atoms with Gasteiger partial charge in [0, 0.05) is 0 Å². The number of anilines is 2. The largest absolute Gasteiger partial charge is 0.383 e. The van der Waals surface area contributed by atoms with Gasteiger partial charge in [-0.3, -0.25) is 5.10 Å². The van der Waals surface area contributed by atoms with Crippen molar-refractivity contribution < 1.29 is 0 Å². The number of rotatable bonds is 0. The summed E-state index contributed by atoms with van der Waals surface area (Å²) < 4.78 is 0. The number of halogens is 1. The van der Waals surface area contributed by atoms with E-state index in [0.29, 0.717) is 10.8 Å². The summed E-state index contributed by atoms with van der Waals surface area (Å²) in [6.45, 7) is 0. The fraction of sp³-hybridized carbons (Fsp3) is 0. The van der Waals surface area contributed by atoms with Crippen LogP contribution in [0, 0.1) is 0 Å². The highest BCUT2D eigenvalue weighted by Crippen LogP contribution is 2.20. The van der Waals surface area contributed by atoms with Gasteiger partial charge in [0.15, 0.2) is 5.82 Å². The summed E-state index contributed by atoms with van der Waals surface area (Å²) in [5, 5.41) is 6.22. The smallest absolute Gasteiger partial charge is 0.166 e.